The Morgan fingerprint density at radius 1 is 1.26 bits per heavy atom. The Balaban J connectivity index is 1.28. The summed E-state index contributed by atoms with van der Waals surface area (Å²) in [6.45, 7) is 7.67. The molecule has 2 saturated heterocycles. The van der Waals surface area contributed by atoms with Crippen LogP contribution in [0.15, 0.2) is 30.6 Å². The number of carbonyl (C=O) groups is 1. The van der Waals surface area contributed by atoms with E-state index in [1.54, 1.807) is 10.8 Å². The van der Waals surface area contributed by atoms with Gasteiger partial charge in [-0.15, -0.1) is 0 Å². The summed E-state index contributed by atoms with van der Waals surface area (Å²) < 4.78 is 48.8. The van der Waals surface area contributed by atoms with E-state index in [0.29, 0.717) is 22.7 Å². The van der Waals surface area contributed by atoms with Gasteiger partial charge in [0.25, 0.3) is 0 Å². The van der Waals surface area contributed by atoms with Gasteiger partial charge < -0.3 is 29.4 Å². The van der Waals surface area contributed by atoms with E-state index in [2.05, 4.69) is 35.3 Å². The molecule has 1 aromatic carbocycles. The number of pyridine rings is 1. The Morgan fingerprint density at radius 3 is 2.68 bits per heavy atom. The first-order valence-corrected chi connectivity index (χ1v) is 16.8. The number of carbonyl (C=O) groups excluding carboxylic acids is 1. The lowest BCUT2D eigenvalue weighted by atomic mass is 9.96. The molecule has 4 heterocycles. The van der Waals surface area contributed by atoms with Gasteiger partial charge in [0.15, 0.2) is 17.4 Å². The third-order valence-electron chi connectivity index (χ3n) is 6.79. The molecule has 0 radical (unpaired) electrons. The number of aromatic nitrogens is 2. The molecule has 3 atom stereocenters. The average Bonchev–Trinajstić information content (AvgIpc) is 3.54. The summed E-state index contributed by atoms with van der Waals surface area (Å²) in [6.07, 6.45) is 5.92. The van der Waals surface area contributed by atoms with Crippen molar-refractivity contribution >= 4 is 42.4 Å². The van der Waals surface area contributed by atoms with E-state index in [4.69, 9.17) is 25.8 Å². The molecule has 2 amide bonds. The van der Waals surface area contributed by atoms with Gasteiger partial charge in [0.1, 0.15) is 18.1 Å². The standard InChI is InChI=1S/C26H31ClF2N4O4Si/c1-38(2,3)9-8-35-14-33-13-17(27)23-22(6-7-30-25(23)33)37-24-18(28)10-15(11-19(24)29)31-26(34)32-20-12-16-4-5-21(20)36-16/h6-7,10-11,13,16,20-21H,4-5,8-9,12,14H2,1-3H3,(H2,31,32,34). The smallest absolute Gasteiger partial charge is 0.319 e. The van der Waals surface area contributed by atoms with Crippen molar-refractivity contribution < 1.29 is 27.8 Å². The predicted molar refractivity (Wildman–Crippen MR) is 144 cm³/mol. The Hall–Kier alpha value is -2.73. The second-order valence-corrected chi connectivity index (χ2v) is 17.0. The molecule has 5 rings (SSSR count). The number of halogens is 3. The van der Waals surface area contributed by atoms with E-state index in [1.807, 2.05) is 0 Å². The van der Waals surface area contributed by atoms with E-state index in [0.717, 1.165) is 37.4 Å². The molecule has 3 unspecified atom stereocenters. The molecule has 2 aliphatic rings. The van der Waals surface area contributed by atoms with Crippen molar-refractivity contribution in [1.29, 1.82) is 0 Å². The van der Waals surface area contributed by atoms with Crippen LogP contribution in [0.3, 0.4) is 0 Å². The van der Waals surface area contributed by atoms with E-state index in [-0.39, 0.29) is 36.4 Å². The SMILES string of the molecule is C[Si](C)(C)CCOCn1cc(Cl)c2c(Oc3c(F)cc(NC(=O)NC4CC5CCC4O5)cc3F)ccnc21. The van der Waals surface area contributed by atoms with E-state index < -0.39 is 31.5 Å². The normalized spacial score (nSPS) is 20.7. The van der Waals surface area contributed by atoms with Crippen LogP contribution in [0.25, 0.3) is 11.0 Å². The average molecular weight is 565 g/mol. The largest absolute Gasteiger partial charge is 0.450 e. The summed E-state index contributed by atoms with van der Waals surface area (Å²) >= 11 is 6.45. The topological polar surface area (TPSA) is 86.6 Å². The lowest BCUT2D eigenvalue weighted by molar-refractivity contribution is 0.0899. The van der Waals surface area contributed by atoms with Crippen LogP contribution < -0.4 is 15.4 Å². The highest BCUT2D eigenvalue weighted by atomic mass is 35.5. The minimum absolute atomic E-state index is 0.00870. The summed E-state index contributed by atoms with van der Waals surface area (Å²) in [4.78, 5) is 16.7. The van der Waals surface area contributed by atoms with Crippen molar-refractivity contribution in [1.82, 2.24) is 14.9 Å². The second kappa shape index (κ2) is 10.8. The fourth-order valence-corrected chi connectivity index (χ4v) is 5.88. The zero-order valence-corrected chi connectivity index (χ0v) is 23.3. The summed E-state index contributed by atoms with van der Waals surface area (Å²) in [7, 11) is -1.23. The quantitative estimate of drug-likeness (QED) is 0.228. The molecule has 2 N–H and O–H groups in total. The molecule has 2 aliphatic heterocycles. The monoisotopic (exact) mass is 564 g/mol. The van der Waals surface area contributed by atoms with E-state index in [9.17, 15) is 13.6 Å². The predicted octanol–water partition coefficient (Wildman–Crippen LogP) is 6.51. The van der Waals surface area contributed by atoms with Gasteiger partial charge in [-0.1, -0.05) is 31.2 Å². The fraction of sp³-hybridized carbons (Fsp3) is 0.462. The van der Waals surface area contributed by atoms with Gasteiger partial charge in [-0.3, -0.25) is 0 Å². The maximum absolute atomic E-state index is 15.0. The third kappa shape index (κ3) is 5.95. The van der Waals surface area contributed by atoms with Crippen molar-refractivity contribution in [3.05, 3.63) is 47.2 Å². The summed E-state index contributed by atoms with van der Waals surface area (Å²) in [5.41, 5.74) is 0.439. The van der Waals surface area contributed by atoms with Crippen LogP contribution in [0, 0.1) is 11.6 Å². The Morgan fingerprint density at radius 2 is 2.03 bits per heavy atom. The number of ether oxygens (including phenoxy) is 3. The highest BCUT2D eigenvalue weighted by molar-refractivity contribution is 6.76. The molecule has 204 valence electrons. The van der Waals surface area contributed by atoms with Crippen LogP contribution in [0.1, 0.15) is 19.3 Å². The van der Waals surface area contributed by atoms with Crippen LogP contribution in [-0.4, -0.2) is 48.5 Å². The van der Waals surface area contributed by atoms with Crippen molar-refractivity contribution in [3.63, 3.8) is 0 Å². The molecule has 2 aromatic heterocycles. The molecule has 12 heteroatoms. The van der Waals surface area contributed by atoms with Crippen LogP contribution in [0.4, 0.5) is 19.3 Å². The van der Waals surface area contributed by atoms with Crippen LogP contribution in [0.2, 0.25) is 30.7 Å². The number of hydrogen-bond donors (Lipinski definition) is 2. The first kappa shape index (κ1) is 26.9. The van der Waals surface area contributed by atoms with Gasteiger partial charge in [-0.25, -0.2) is 18.6 Å². The van der Waals surface area contributed by atoms with Crippen molar-refractivity contribution in [2.45, 2.75) is 69.9 Å². The second-order valence-electron chi connectivity index (χ2n) is 11.0. The molecule has 0 aliphatic carbocycles. The summed E-state index contributed by atoms with van der Waals surface area (Å²) in [6, 6.07) is 3.86. The number of nitrogens with one attached hydrogen (secondary N) is 2. The van der Waals surface area contributed by atoms with Crippen molar-refractivity contribution in [2.75, 3.05) is 11.9 Å². The molecule has 0 spiro atoms. The van der Waals surface area contributed by atoms with E-state index >= 15 is 0 Å². The summed E-state index contributed by atoms with van der Waals surface area (Å²) in [5, 5.41) is 6.04. The van der Waals surface area contributed by atoms with Gasteiger partial charge in [0, 0.05) is 44.9 Å². The number of hydrogen-bond acceptors (Lipinski definition) is 5. The first-order valence-electron chi connectivity index (χ1n) is 12.7. The van der Waals surface area contributed by atoms with Gasteiger partial charge in [0.2, 0.25) is 0 Å². The maximum atomic E-state index is 15.0. The third-order valence-corrected chi connectivity index (χ3v) is 8.78. The minimum Gasteiger partial charge on any atom is -0.450 e. The molecule has 2 bridgehead atoms. The molecule has 3 aromatic rings. The lowest BCUT2D eigenvalue weighted by Crippen LogP contribution is -2.43. The van der Waals surface area contributed by atoms with Crippen LogP contribution >= 0.6 is 11.6 Å². The zero-order valence-electron chi connectivity index (χ0n) is 21.5. The first-order chi connectivity index (χ1) is 18.1. The minimum atomic E-state index is -1.23. The van der Waals surface area contributed by atoms with Crippen molar-refractivity contribution in [2.24, 2.45) is 0 Å². The molecular formula is C26H31ClF2N4O4Si. The Labute approximate surface area is 225 Å². The number of benzene rings is 1. The number of fused-ring (bicyclic) bond motifs is 3. The molecule has 0 saturated carbocycles. The summed E-state index contributed by atoms with van der Waals surface area (Å²) in [5.74, 6) is -2.41. The van der Waals surface area contributed by atoms with Gasteiger partial charge >= 0.3 is 6.03 Å². The zero-order chi connectivity index (χ0) is 27.0. The van der Waals surface area contributed by atoms with Crippen LogP contribution in [0.5, 0.6) is 11.5 Å². The molecular weight excluding hydrogens is 534 g/mol. The van der Waals surface area contributed by atoms with Gasteiger partial charge in [0.05, 0.1) is 28.7 Å². The highest BCUT2D eigenvalue weighted by Crippen LogP contribution is 2.38. The number of amides is 2. The van der Waals surface area contributed by atoms with Crippen LogP contribution in [-0.2, 0) is 16.2 Å². The number of urea groups is 1. The number of nitrogens with zero attached hydrogens (tertiary/aromatic N) is 2. The Bertz CT molecular complexity index is 1330. The lowest BCUT2D eigenvalue weighted by Gasteiger charge is -2.20. The van der Waals surface area contributed by atoms with E-state index in [1.165, 1.54) is 12.3 Å². The fourth-order valence-electron chi connectivity index (χ4n) is 4.83. The number of anilines is 1. The van der Waals surface area contributed by atoms with Gasteiger partial charge in [-0.2, -0.15) is 0 Å². The molecule has 38 heavy (non-hydrogen) atoms. The molecule has 8 nitrogen and oxygen atoms in total. The number of rotatable bonds is 9. The maximum Gasteiger partial charge on any atom is 0.319 e. The molecule has 2 fully saturated rings. The van der Waals surface area contributed by atoms with Gasteiger partial charge in [-0.05, 0) is 31.4 Å². The Kier molecular flexibility index (Phi) is 7.63. The van der Waals surface area contributed by atoms with Crippen molar-refractivity contribution in [3.8, 4) is 11.5 Å². The highest BCUT2D eigenvalue weighted by Gasteiger charge is 2.41.